The zero-order valence-electron chi connectivity index (χ0n) is 11.0. The van der Waals surface area contributed by atoms with Crippen LogP contribution >= 0.6 is 11.3 Å². The Morgan fingerprint density at radius 1 is 1.05 bits per heavy atom. The fourth-order valence-electron chi connectivity index (χ4n) is 2.58. The molecular formula is C17H17NS. The highest BCUT2D eigenvalue weighted by molar-refractivity contribution is 7.10. The summed E-state index contributed by atoms with van der Waals surface area (Å²) in [6, 6.07) is 17.0. The zero-order valence-corrected chi connectivity index (χ0v) is 11.8. The van der Waals surface area contributed by atoms with Gasteiger partial charge in [0.25, 0.3) is 0 Å². The molecule has 2 N–H and O–H groups in total. The molecule has 1 heterocycles. The van der Waals surface area contributed by atoms with Gasteiger partial charge in [-0.25, -0.2) is 0 Å². The number of thiophene rings is 1. The van der Waals surface area contributed by atoms with Gasteiger partial charge in [0, 0.05) is 4.88 Å². The molecule has 0 aliphatic rings. The van der Waals surface area contributed by atoms with Crippen LogP contribution < -0.4 is 5.73 Å². The van der Waals surface area contributed by atoms with E-state index in [2.05, 4.69) is 60.8 Å². The first-order valence-corrected chi connectivity index (χ1v) is 7.48. The molecule has 96 valence electrons. The molecule has 0 aliphatic carbocycles. The average molecular weight is 267 g/mol. The van der Waals surface area contributed by atoms with E-state index in [1.807, 2.05) is 0 Å². The van der Waals surface area contributed by atoms with Gasteiger partial charge in [0.1, 0.15) is 0 Å². The monoisotopic (exact) mass is 267 g/mol. The van der Waals surface area contributed by atoms with Crippen molar-refractivity contribution in [2.24, 2.45) is 5.73 Å². The average Bonchev–Trinajstić information content (AvgIpc) is 2.94. The topological polar surface area (TPSA) is 26.0 Å². The van der Waals surface area contributed by atoms with Crippen LogP contribution in [0, 0.1) is 0 Å². The Morgan fingerprint density at radius 2 is 1.84 bits per heavy atom. The van der Waals surface area contributed by atoms with Crippen molar-refractivity contribution in [3.63, 3.8) is 0 Å². The van der Waals surface area contributed by atoms with Gasteiger partial charge in [-0.15, -0.1) is 11.3 Å². The third-order valence-corrected chi connectivity index (χ3v) is 4.64. The van der Waals surface area contributed by atoms with E-state index in [9.17, 15) is 0 Å². The third-order valence-electron chi connectivity index (χ3n) is 3.60. The zero-order chi connectivity index (χ0) is 13.2. The van der Waals surface area contributed by atoms with E-state index in [1.54, 1.807) is 11.3 Å². The van der Waals surface area contributed by atoms with Crippen LogP contribution in [-0.4, -0.2) is 0 Å². The summed E-state index contributed by atoms with van der Waals surface area (Å²) in [5.74, 6) is 0. The number of benzene rings is 2. The Bertz CT molecular complexity index is 694. The third kappa shape index (κ3) is 2.18. The van der Waals surface area contributed by atoms with Crippen molar-refractivity contribution >= 4 is 22.1 Å². The Morgan fingerprint density at radius 3 is 2.68 bits per heavy atom. The van der Waals surface area contributed by atoms with Crippen LogP contribution in [0.3, 0.4) is 0 Å². The molecule has 3 aromatic rings. The fraction of sp³-hybridized carbons (Fsp3) is 0.176. The molecule has 0 aliphatic heterocycles. The van der Waals surface area contributed by atoms with Crippen LogP contribution in [0.2, 0.25) is 0 Å². The Hall–Kier alpha value is -1.64. The van der Waals surface area contributed by atoms with E-state index in [0.717, 1.165) is 6.42 Å². The van der Waals surface area contributed by atoms with Gasteiger partial charge in [-0.3, -0.25) is 0 Å². The number of nitrogens with two attached hydrogens (primary N) is 1. The van der Waals surface area contributed by atoms with Gasteiger partial charge in [0.15, 0.2) is 0 Å². The molecule has 1 unspecified atom stereocenters. The highest BCUT2D eigenvalue weighted by Crippen LogP contribution is 2.32. The van der Waals surface area contributed by atoms with Gasteiger partial charge in [-0.2, -0.15) is 0 Å². The lowest BCUT2D eigenvalue weighted by Crippen LogP contribution is -2.12. The van der Waals surface area contributed by atoms with Crippen molar-refractivity contribution in [2.75, 3.05) is 0 Å². The van der Waals surface area contributed by atoms with Gasteiger partial charge in [-0.05, 0) is 39.8 Å². The molecule has 2 heteroatoms. The quantitative estimate of drug-likeness (QED) is 0.742. The molecule has 0 fully saturated rings. The Balaban J connectivity index is 2.14. The lowest BCUT2D eigenvalue weighted by molar-refractivity contribution is 0.883. The molecular weight excluding hydrogens is 250 g/mol. The number of rotatable bonds is 3. The molecule has 1 aromatic heterocycles. The van der Waals surface area contributed by atoms with Crippen LogP contribution in [0.15, 0.2) is 53.9 Å². The summed E-state index contributed by atoms with van der Waals surface area (Å²) in [5, 5.41) is 4.65. The molecule has 1 nitrogen and oxygen atoms in total. The summed E-state index contributed by atoms with van der Waals surface area (Å²) >= 11 is 1.76. The molecule has 19 heavy (non-hydrogen) atoms. The first kappa shape index (κ1) is 12.4. The first-order valence-electron chi connectivity index (χ1n) is 6.60. The van der Waals surface area contributed by atoms with E-state index < -0.39 is 0 Å². The Labute approximate surface area is 117 Å². The van der Waals surface area contributed by atoms with Crippen molar-refractivity contribution in [2.45, 2.75) is 19.4 Å². The summed E-state index contributed by atoms with van der Waals surface area (Å²) in [5.41, 5.74) is 9.10. The van der Waals surface area contributed by atoms with Gasteiger partial charge < -0.3 is 5.73 Å². The van der Waals surface area contributed by atoms with Gasteiger partial charge in [0.05, 0.1) is 6.04 Å². The normalized spacial score (nSPS) is 12.7. The second-order valence-electron chi connectivity index (χ2n) is 4.71. The molecule has 0 radical (unpaired) electrons. The van der Waals surface area contributed by atoms with E-state index in [4.69, 9.17) is 5.73 Å². The predicted octanol–water partition coefficient (Wildman–Crippen LogP) is 4.51. The number of hydrogen-bond acceptors (Lipinski definition) is 2. The summed E-state index contributed by atoms with van der Waals surface area (Å²) in [6.07, 6.45) is 1.04. The second kappa shape index (κ2) is 5.16. The van der Waals surface area contributed by atoms with E-state index in [-0.39, 0.29) is 6.04 Å². The van der Waals surface area contributed by atoms with E-state index in [0.29, 0.717) is 0 Å². The number of fused-ring (bicyclic) bond motifs is 1. The molecule has 0 spiro atoms. The lowest BCUT2D eigenvalue weighted by atomic mass is 9.96. The smallest absolute Gasteiger partial charge is 0.0654 e. The van der Waals surface area contributed by atoms with Crippen molar-refractivity contribution in [3.8, 4) is 0 Å². The van der Waals surface area contributed by atoms with Crippen LogP contribution in [-0.2, 0) is 6.42 Å². The second-order valence-corrected chi connectivity index (χ2v) is 5.66. The molecule has 0 amide bonds. The maximum absolute atomic E-state index is 6.51. The molecule has 0 saturated carbocycles. The maximum atomic E-state index is 6.51. The van der Waals surface area contributed by atoms with Crippen molar-refractivity contribution < 1.29 is 0 Å². The van der Waals surface area contributed by atoms with Crippen molar-refractivity contribution in [3.05, 3.63) is 69.9 Å². The van der Waals surface area contributed by atoms with E-state index >= 15 is 0 Å². The first-order chi connectivity index (χ1) is 9.31. The summed E-state index contributed by atoms with van der Waals surface area (Å²) in [7, 11) is 0. The number of hydrogen-bond donors (Lipinski definition) is 1. The molecule has 0 saturated heterocycles. The van der Waals surface area contributed by atoms with Crippen molar-refractivity contribution in [1.29, 1.82) is 0 Å². The van der Waals surface area contributed by atoms with Gasteiger partial charge in [-0.1, -0.05) is 49.4 Å². The minimum Gasteiger partial charge on any atom is -0.320 e. The minimum absolute atomic E-state index is 0.0268. The van der Waals surface area contributed by atoms with E-state index in [1.165, 1.54) is 26.8 Å². The highest BCUT2D eigenvalue weighted by atomic mass is 32.1. The SMILES string of the molecule is CCc1ccsc1C(N)c1cccc2ccccc12. The largest absolute Gasteiger partial charge is 0.320 e. The maximum Gasteiger partial charge on any atom is 0.0654 e. The van der Waals surface area contributed by atoms with Crippen LogP contribution in [0.5, 0.6) is 0 Å². The summed E-state index contributed by atoms with van der Waals surface area (Å²) in [6.45, 7) is 2.18. The fourth-order valence-corrected chi connectivity index (χ4v) is 3.59. The van der Waals surface area contributed by atoms with Crippen LogP contribution in [0.1, 0.15) is 29.0 Å². The summed E-state index contributed by atoms with van der Waals surface area (Å²) < 4.78 is 0. The van der Waals surface area contributed by atoms with Crippen LogP contribution in [0.4, 0.5) is 0 Å². The lowest BCUT2D eigenvalue weighted by Gasteiger charge is -2.15. The molecule has 2 aromatic carbocycles. The minimum atomic E-state index is -0.0268. The summed E-state index contributed by atoms with van der Waals surface area (Å²) in [4.78, 5) is 1.29. The van der Waals surface area contributed by atoms with Crippen molar-refractivity contribution in [1.82, 2.24) is 0 Å². The van der Waals surface area contributed by atoms with Gasteiger partial charge in [0.2, 0.25) is 0 Å². The standard InChI is InChI=1S/C17H17NS/c1-2-12-10-11-19-17(12)16(18)15-9-5-7-13-6-3-4-8-14(13)15/h3-11,16H,2,18H2,1H3. The molecule has 1 atom stereocenters. The predicted molar refractivity (Wildman–Crippen MR) is 83.7 cm³/mol. The molecule has 3 rings (SSSR count). The van der Waals surface area contributed by atoms with Gasteiger partial charge >= 0.3 is 0 Å². The van der Waals surface area contributed by atoms with Crippen LogP contribution in [0.25, 0.3) is 10.8 Å². The number of aryl methyl sites for hydroxylation is 1. The molecule has 0 bridgehead atoms. The Kier molecular flexibility index (Phi) is 3.36. The highest BCUT2D eigenvalue weighted by Gasteiger charge is 2.15.